The lowest BCUT2D eigenvalue weighted by Gasteiger charge is -2.15. The Morgan fingerprint density at radius 2 is 1.90 bits per heavy atom. The fraction of sp³-hybridized carbons (Fsp3) is 0.381. The molecule has 3 heterocycles. The van der Waals surface area contributed by atoms with Crippen molar-refractivity contribution in [2.24, 2.45) is 0 Å². The van der Waals surface area contributed by atoms with Gasteiger partial charge in [0.05, 0.1) is 12.9 Å². The number of urea groups is 1. The van der Waals surface area contributed by atoms with Crippen molar-refractivity contribution >= 4 is 23.1 Å². The summed E-state index contributed by atoms with van der Waals surface area (Å²) in [5, 5.41) is 2.55. The van der Waals surface area contributed by atoms with E-state index in [9.17, 15) is 19.2 Å². The minimum Gasteiger partial charge on any atom is -0.336 e. The summed E-state index contributed by atoms with van der Waals surface area (Å²) in [5.41, 5.74) is 0.227. The summed E-state index contributed by atoms with van der Waals surface area (Å²) in [6.45, 7) is 2.88. The average molecular weight is 424 g/mol. The van der Waals surface area contributed by atoms with Gasteiger partial charge in [-0.25, -0.2) is 19.1 Å². The van der Waals surface area contributed by atoms with Gasteiger partial charge < -0.3 is 9.88 Å². The molecule has 162 valence electrons. The minimum atomic E-state index is -0.630. The van der Waals surface area contributed by atoms with Crippen LogP contribution in [0.1, 0.15) is 25.3 Å². The minimum absolute atomic E-state index is 0.208. The number of nitrogens with one attached hydrogen (secondary N) is 1. The number of carbonyl (C=O) groups excluding carboxylic acids is 2. The van der Waals surface area contributed by atoms with Crippen molar-refractivity contribution in [1.29, 1.82) is 0 Å². The Hall–Kier alpha value is -3.69. The molecule has 1 saturated heterocycles. The molecule has 1 aliphatic rings. The van der Waals surface area contributed by atoms with Crippen LogP contribution in [0.15, 0.2) is 46.2 Å². The predicted molar refractivity (Wildman–Crippen MR) is 114 cm³/mol. The third-order valence-corrected chi connectivity index (χ3v) is 5.37. The molecule has 0 aliphatic carbocycles. The van der Waals surface area contributed by atoms with E-state index in [1.165, 1.54) is 4.57 Å². The molecule has 0 atom stereocenters. The number of hydrogen-bond donors (Lipinski definition) is 1. The normalized spacial score (nSPS) is 13.7. The molecule has 1 aromatic carbocycles. The molecule has 31 heavy (non-hydrogen) atoms. The smallest absolute Gasteiger partial charge is 0.333 e. The first-order valence-electron chi connectivity index (χ1n) is 10.3. The molecule has 10 nitrogen and oxygen atoms in total. The molecule has 0 bridgehead atoms. The summed E-state index contributed by atoms with van der Waals surface area (Å²) in [7, 11) is 0. The molecule has 3 amide bonds. The van der Waals surface area contributed by atoms with E-state index in [1.807, 2.05) is 37.3 Å². The standard InChI is InChI=1S/C21H24N6O4/c1-2-3-10-24-14-23-18-17(24)19(29)27(13-16(28)25-11-9-22-20(25)30)21(31)26(18)12-15-7-5-4-6-8-15/h4-8,14H,2-3,9-13H2,1H3,(H,22,30). The summed E-state index contributed by atoms with van der Waals surface area (Å²) >= 11 is 0. The summed E-state index contributed by atoms with van der Waals surface area (Å²) < 4.78 is 4.04. The van der Waals surface area contributed by atoms with Gasteiger partial charge in [0.15, 0.2) is 11.2 Å². The number of carbonyl (C=O) groups is 2. The quantitative estimate of drug-likeness (QED) is 0.602. The SMILES string of the molecule is CCCCn1cnc2c1c(=O)n(CC(=O)N1CCNC1=O)c(=O)n2Cc1ccccc1. The molecule has 1 aliphatic heterocycles. The van der Waals surface area contributed by atoms with E-state index in [4.69, 9.17) is 0 Å². The fourth-order valence-electron chi connectivity index (χ4n) is 3.71. The Bertz CT molecular complexity index is 1240. The van der Waals surface area contributed by atoms with Crippen LogP contribution >= 0.6 is 0 Å². The molecule has 2 aromatic heterocycles. The molecule has 0 spiro atoms. The predicted octanol–water partition coefficient (Wildman–Crippen LogP) is 0.760. The zero-order valence-corrected chi connectivity index (χ0v) is 17.3. The average Bonchev–Trinajstić information content (AvgIpc) is 3.39. The summed E-state index contributed by atoms with van der Waals surface area (Å²) in [6, 6.07) is 8.84. The lowest BCUT2D eigenvalue weighted by Crippen LogP contribution is -2.46. The third-order valence-electron chi connectivity index (χ3n) is 5.37. The summed E-state index contributed by atoms with van der Waals surface area (Å²) in [5.74, 6) is -0.598. The van der Waals surface area contributed by atoms with Crippen LogP contribution in [0, 0.1) is 0 Å². The topological polar surface area (TPSA) is 111 Å². The van der Waals surface area contributed by atoms with Gasteiger partial charge in [0.1, 0.15) is 6.54 Å². The zero-order valence-electron chi connectivity index (χ0n) is 17.3. The van der Waals surface area contributed by atoms with E-state index in [0.717, 1.165) is 27.9 Å². The van der Waals surface area contributed by atoms with E-state index in [0.29, 0.717) is 13.1 Å². The molecule has 0 unspecified atom stereocenters. The van der Waals surface area contributed by atoms with Crippen LogP contribution in [0.2, 0.25) is 0 Å². The van der Waals surface area contributed by atoms with Crippen molar-refractivity contribution in [3.63, 3.8) is 0 Å². The van der Waals surface area contributed by atoms with Gasteiger partial charge in [-0.3, -0.25) is 19.1 Å². The largest absolute Gasteiger partial charge is 0.336 e. The highest BCUT2D eigenvalue weighted by Gasteiger charge is 2.28. The highest BCUT2D eigenvalue weighted by atomic mass is 16.2. The van der Waals surface area contributed by atoms with Crippen LogP contribution in [0.4, 0.5) is 4.79 Å². The van der Waals surface area contributed by atoms with Gasteiger partial charge in [0.2, 0.25) is 0 Å². The summed E-state index contributed by atoms with van der Waals surface area (Å²) in [4.78, 5) is 56.4. The van der Waals surface area contributed by atoms with Gasteiger partial charge in [0.25, 0.3) is 11.5 Å². The van der Waals surface area contributed by atoms with Crippen LogP contribution in [0.3, 0.4) is 0 Å². The van der Waals surface area contributed by atoms with Crippen molar-refractivity contribution < 1.29 is 9.59 Å². The second kappa shape index (κ2) is 8.58. The Balaban J connectivity index is 1.84. The molecule has 10 heteroatoms. The van der Waals surface area contributed by atoms with Gasteiger partial charge in [-0.2, -0.15) is 0 Å². The monoisotopic (exact) mass is 424 g/mol. The van der Waals surface area contributed by atoms with E-state index in [2.05, 4.69) is 10.3 Å². The van der Waals surface area contributed by atoms with Crippen molar-refractivity contribution in [3.05, 3.63) is 63.1 Å². The Morgan fingerprint density at radius 1 is 1.13 bits per heavy atom. The molecular formula is C21H24N6O4. The van der Waals surface area contributed by atoms with Crippen LogP contribution in [-0.4, -0.2) is 48.6 Å². The van der Waals surface area contributed by atoms with Crippen molar-refractivity contribution in [1.82, 2.24) is 28.9 Å². The van der Waals surface area contributed by atoms with Gasteiger partial charge in [-0.15, -0.1) is 0 Å². The number of nitrogens with zero attached hydrogens (tertiary/aromatic N) is 5. The number of aryl methyl sites for hydroxylation is 1. The molecule has 4 rings (SSSR count). The van der Waals surface area contributed by atoms with E-state index < -0.39 is 29.7 Å². The van der Waals surface area contributed by atoms with Crippen LogP contribution < -0.4 is 16.6 Å². The Kier molecular flexibility index (Phi) is 5.70. The van der Waals surface area contributed by atoms with Gasteiger partial charge in [-0.1, -0.05) is 43.7 Å². The number of aromatic nitrogens is 4. The van der Waals surface area contributed by atoms with E-state index in [-0.39, 0.29) is 24.3 Å². The molecule has 0 saturated carbocycles. The molecule has 3 aromatic rings. The zero-order chi connectivity index (χ0) is 22.0. The van der Waals surface area contributed by atoms with Crippen LogP contribution in [-0.2, 0) is 24.4 Å². The first kappa shape index (κ1) is 20.6. The number of rotatable bonds is 7. The van der Waals surface area contributed by atoms with Gasteiger partial charge >= 0.3 is 11.7 Å². The van der Waals surface area contributed by atoms with Crippen molar-refractivity contribution in [2.75, 3.05) is 13.1 Å². The maximum atomic E-state index is 13.3. The first-order valence-corrected chi connectivity index (χ1v) is 10.3. The number of benzene rings is 1. The lowest BCUT2D eigenvalue weighted by atomic mass is 10.2. The molecule has 1 fully saturated rings. The Labute approximate surface area is 177 Å². The van der Waals surface area contributed by atoms with Crippen LogP contribution in [0.25, 0.3) is 11.2 Å². The second-order valence-corrected chi connectivity index (χ2v) is 7.49. The lowest BCUT2D eigenvalue weighted by molar-refractivity contribution is -0.128. The second-order valence-electron chi connectivity index (χ2n) is 7.49. The number of hydrogen-bond acceptors (Lipinski definition) is 5. The van der Waals surface area contributed by atoms with Crippen LogP contribution in [0.5, 0.6) is 0 Å². The van der Waals surface area contributed by atoms with Crippen molar-refractivity contribution in [2.45, 2.75) is 39.4 Å². The number of unbranched alkanes of at least 4 members (excludes halogenated alkanes) is 1. The highest BCUT2D eigenvalue weighted by Crippen LogP contribution is 2.11. The van der Waals surface area contributed by atoms with Gasteiger partial charge in [0, 0.05) is 19.6 Å². The maximum Gasteiger partial charge on any atom is 0.333 e. The molecule has 1 N–H and O–H groups in total. The fourth-order valence-corrected chi connectivity index (χ4v) is 3.71. The third kappa shape index (κ3) is 3.88. The molecule has 0 radical (unpaired) electrons. The van der Waals surface area contributed by atoms with E-state index in [1.54, 1.807) is 10.9 Å². The number of imidazole rings is 1. The van der Waals surface area contributed by atoms with Gasteiger partial charge in [-0.05, 0) is 12.0 Å². The molecular weight excluding hydrogens is 400 g/mol. The number of amides is 3. The number of imide groups is 1. The first-order chi connectivity index (χ1) is 15.0. The van der Waals surface area contributed by atoms with Crippen molar-refractivity contribution in [3.8, 4) is 0 Å². The van der Waals surface area contributed by atoms with E-state index >= 15 is 0 Å². The number of fused-ring (bicyclic) bond motifs is 1. The summed E-state index contributed by atoms with van der Waals surface area (Å²) in [6.07, 6.45) is 3.33. The Morgan fingerprint density at radius 3 is 2.58 bits per heavy atom. The maximum absolute atomic E-state index is 13.3. The highest BCUT2D eigenvalue weighted by molar-refractivity contribution is 5.95.